The molecule has 1 fully saturated rings. The number of nitrogens with one attached hydrogen (secondary N) is 1. The van der Waals surface area contributed by atoms with Gasteiger partial charge in [-0.3, -0.25) is 9.59 Å². The summed E-state index contributed by atoms with van der Waals surface area (Å²) in [4.78, 5) is 28.1. The third-order valence-corrected chi connectivity index (χ3v) is 6.80. The molecule has 0 aliphatic heterocycles. The molecule has 1 atom stereocenters. The molecule has 2 aromatic rings. The molecule has 2 amide bonds. The van der Waals surface area contributed by atoms with E-state index in [0.29, 0.717) is 22.2 Å². The molecule has 0 saturated heterocycles. The van der Waals surface area contributed by atoms with Gasteiger partial charge in [-0.15, -0.1) is 0 Å². The molecule has 0 heterocycles. The minimum absolute atomic E-state index is 0.117. The molecule has 0 bridgehead atoms. The summed E-state index contributed by atoms with van der Waals surface area (Å²) in [6, 6.07) is 12.4. The molecule has 5 nitrogen and oxygen atoms in total. The maximum absolute atomic E-state index is 13.3. The van der Waals surface area contributed by atoms with E-state index in [4.69, 9.17) is 27.9 Å². The van der Waals surface area contributed by atoms with Crippen molar-refractivity contribution in [3.8, 4) is 5.75 Å². The van der Waals surface area contributed by atoms with E-state index in [9.17, 15) is 9.59 Å². The highest BCUT2D eigenvalue weighted by atomic mass is 35.5. The number of nitrogens with zero attached hydrogens (tertiary/aromatic N) is 1. The molecular weight excluding hydrogens is 459 g/mol. The summed E-state index contributed by atoms with van der Waals surface area (Å²) in [6.45, 7) is 3.99. The summed E-state index contributed by atoms with van der Waals surface area (Å²) in [5.74, 6) is 0.239. The van der Waals surface area contributed by atoms with Gasteiger partial charge in [0, 0.05) is 12.6 Å². The van der Waals surface area contributed by atoms with Crippen LogP contribution in [0, 0.1) is 6.92 Å². The van der Waals surface area contributed by atoms with Crippen LogP contribution in [0.15, 0.2) is 42.5 Å². The van der Waals surface area contributed by atoms with Crippen LogP contribution in [0.1, 0.15) is 56.6 Å². The third-order valence-electron chi connectivity index (χ3n) is 6.06. The number of carbonyl (C=O) groups excluding carboxylic acids is 2. The zero-order valence-electron chi connectivity index (χ0n) is 19.3. The average Bonchev–Trinajstić information content (AvgIpc) is 2.81. The van der Waals surface area contributed by atoms with E-state index in [0.717, 1.165) is 36.8 Å². The number of benzene rings is 2. The van der Waals surface area contributed by atoms with E-state index in [1.54, 1.807) is 17.0 Å². The maximum atomic E-state index is 13.3. The van der Waals surface area contributed by atoms with Gasteiger partial charge in [0.1, 0.15) is 11.8 Å². The van der Waals surface area contributed by atoms with Crippen molar-refractivity contribution < 1.29 is 14.3 Å². The first-order chi connectivity index (χ1) is 15.9. The van der Waals surface area contributed by atoms with Crippen LogP contribution in [0.25, 0.3) is 0 Å². The molecular formula is C26H32Cl2N2O3. The molecule has 1 aliphatic carbocycles. The van der Waals surface area contributed by atoms with E-state index >= 15 is 0 Å². The van der Waals surface area contributed by atoms with E-state index < -0.39 is 6.04 Å². The van der Waals surface area contributed by atoms with Gasteiger partial charge in [0.2, 0.25) is 5.91 Å². The summed E-state index contributed by atoms with van der Waals surface area (Å²) in [5.41, 5.74) is 1.91. The highest BCUT2D eigenvalue weighted by Crippen LogP contribution is 2.24. The Hall–Kier alpha value is -2.24. The fourth-order valence-electron chi connectivity index (χ4n) is 4.16. The lowest BCUT2D eigenvalue weighted by Crippen LogP contribution is -2.52. The van der Waals surface area contributed by atoms with Crippen molar-refractivity contribution in [1.82, 2.24) is 10.2 Å². The Kier molecular flexibility index (Phi) is 9.45. The van der Waals surface area contributed by atoms with Crippen LogP contribution in [0.4, 0.5) is 0 Å². The Morgan fingerprint density at radius 2 is 1.76 bits per heavy atom. The predicted octanol–water partition coefficient (Wildman–Crippen LogP) is 5.94. The van der Waals surface area contributed by atoms with Crippen molar-refractivity contribution in [3.63, 3.8) is 0 Å². The lowest BCUT2D eigenvalue weighted by Gasteiger charge is -2.32. The maximum Gasteiger partial charge on any atom is 0.261 e. The van der Waals surface area contributed by atoms with Crippen LogP contribution < -0.4 is 10.1 Å². The second-order valence-corrected chi connectivity index (χ2v) is 9.45. The normalized spacial score (nSPS) is 15.0. The average molecular weight is 491 g/mol. The zero-order valence-corrected chi connectivity index (χ0v) is 20.8. The molecule has 0 radical (unpaired) electrons. The predicted molar refractivity (Wildman–Crippen MR) is 133 cm³/mol. The quantitative estimate of drug-likeness (QED) is 0.473. The number of amides is 2. The highest BCUT2D eigenvalue weighted by Gasteiger charge is 2.30. The summed E-state index contributed by atoms with van der Waals surface area (Å²) >= 11 is 12.3. The van der Waals surface area contributed by atoms with Crippen LogP contribution in [0.2, 0.25) is 10.0 Å². The largest absolute Gasteiger partial charge is 0.484 e. The van der Waals surface area contributed by atoms with Gasteiger partial charge in [0.25, 0.3) is 5.91 Å². The molecule has 0 aromatic heterocycles. The minimum Gasteiger partial charge on any atom is -0.484 e. The Balaban J connectivity index is 1.77. The Morgan fingerprint density at radius 3 is 2.39 bits per heavy atom. The number of aryl methyl sites for hydroxylation is 1. The first-order valence-electron chi connectivity index (χ1n) is 11.6. The first-order valence-corrected chi connectivity index (χ1v) is 12.4. The summed E-state index contributed by atoms with van der Waals surface area (Å²) in [5, 5.41) is 4.03. The molecule has 178 valence electrons. The Labute approximate surface area is 206 Å². The molecule has 33 heavy (non-hydrogen) atoms. The molecule has 1 aliphatic rings. The van der Waals surface area contributed by atoms with Gasteiger partial charge in [-0.1, -0.05) is 73.2 Å². The van der Waals surface area contributed by atoms with Crippen molar-refractivity contribution in [1.29, 1.82) is 0 Å². The number of halogens is 2. The SMILES string of the molecule is CC[C@@H](C(=O)NC1CCCCC1)N(Cc1ccc(Cl)c(Cl)c1)C(=O)COc1ccc(C)cc1. The van der Waals surface area contributed by atoms with E-state index in [1.165, 1.54) is 6.42 Å². The molecule has 0 unspecified atom stereocenters. The fraction of sp³-hybridized carbons (Fsp3) is 0.462. The van der Waals surface area contributed by atoms with Crippen LogP contribution in [-0.4, -0.2) is 35.4 Å². The van der Waals surface area contributed by atoms with Gasteiger partial charge >= 0.3 is 0 Å². The van der Waals surface area contributed by atoms with Crippen molar-refractivity contribution in [3.05, 3.63) is 63.6 Å². The number of rotatable bonds is 9. The molecule has 1 saturated carbocycles. The highest BCUT2D eigenvalue weighted by molar-refractivity contribution is 6.42. The second kappa shape index (κ2) is 12.3. The molecule has 2 aromatic carbocycles. The third kappa shape index (κ3) is 7.38. The van der Waals surface area contributed by atoms with Gasteiger partial charge < -0.3 is 15.0 Å². The summed E-state index contributed by atoms with van der Waals surface area (Å²) in [6.07, 6.45) is 5.92. The first kappa shape index (κ1) is 25.4. The van der Waals surface area contributed by atoms with Crippen molar-refractivity contribution >= 4 is 35.0 Å². The number of hydrogen-bond acceptors (Lipinski definition) is 3. The smallest absolute Gasteiger partial charge is 0.261 e. The van der Waals surface area contributed by atoms with Crippen LogP contribution in [0.3, 0.4) is 0 Å². The van der Waals surface area contributed by atoms with E-state index in [1.807, 2.05) is 44.2 Å². The zero-order chi connectivity index (χ0) is 23.8. The van der Waals surface area contributed by atoms with Gasteiger partial charge in [0.15, 0.2) is 6.61 Å². The number of hydrogen-bond donors (Lipinski definition) is 1. The molecule has 3 rings (SSSR count). The fourth-order valence-corrected chi connectivity index (χ4v) is 4.48. The Morgan fingerprint density at radius 1 is 1.06 bits per heavy atom. The van der Waals surface area contributed by atoms with Crippen molar-refractivity contribution in [2.45, 2.75) is 71.0 Å². The van der Waals surface area contributed by atoms with Crippen LogP contribution in [-0.2, 0) is 16.1 Å². The minimum atomic E-state index is -0.601. The van der Waals surface area contributed by atoms with Gasteiger partial charge in [-0.05, 0) is 56.0 Å². The number of carbonyl (C=O) groups is 2. The van der Waals surface area contributed by atoms with Crippen molar-refractivity contribution in [2.75, 3.05) is 6.61 Å². The molecule has 0 spiro atoms. The van der Waals surface area contributed by atoms with Gasteiger partial charge in [0.05, 0.1) is 10.0 Å². The topological polar surface area (TPSA) is 58.6 Å². The van der Waals surface area contributed by atoms with Crippen LogP contribution >= 0.6 is 23.2 Å². The summed E-state index contributed by atoms with van der Waals surface area (Å²) < 4.78 is 5.74. The standard InChI is InChI=1S/C26H32Cl2N2O3/c1-3-24(26(32)29-20-7-5-4-6-8-20)30(16-19-11-14-22(27)23(28)15-19)25(31)17-33-21-12-9-18(2)10-13-21/h9-15,20,24H,3-8,16-17H2,1-2H3,(H,29,32)/t24-/m0/s1. The number of ether oxygens (including phenoxy) is 1. The summed E-state index contributed by atoms with van der Waals surface area (Å²) in [7, 11) is 0. The van der Waals surface area contributed by atoms with Gasteiger partial charge in [-0.2, -0.15) is 0 Å². The van der Waals surface area contributed by atoms with E-state index in [2.05, 4.69) is 5.32 Å². The second-order valence-electron chi connectivity index (χ2n) is 8.64. The monoisotopic (exact) mass is 490 g/mol. The molecule has 7 heteroatoms. The lowest BCUT2D eigenvalue weighted by molar-refractivity contribution is -0.143. The van der Waals surface area contributed by atoms with E-state index in [-0.39, 0.29) is 31.0 Å². The van der Waals surface area contributed by atoms with Crippen LogP contribution in [0.5, 0.6) is 5.75 Å². The van der Waals surface area contributed by atoms with Crippen molar-refractivity contribution in [2.24, 2.45) is 0 Å². The molecule has 1 N–H and O–H groups in total. The lowest BCUT2D eigenvalue weighted by atomic mass is 9.95. The Bertz CT molecular complexity index is 943. The van der Waals surface area contributed by atoms with Gasteiger partial charge in [-0.25, -0.2) is 0 Å².